The molecule has 102 valence electrons. The lowest BCUT2D eigenvalue weighted by molar-refractivity contribution is -0.384. The first-order valence-corrected chi connectivity index (χ1v) is 6.79. The van der Waals surface area contributed by atoms with Crippen molar-refractivity contribution in [3.8, 4) is 0 Å². The van der Waals surface area contributed by atoms with E-state index in [-0.39, 0.29) is 11.3 Å². The number of pyridine rings is 1. The second kappa shape index (κ2) is 6.14. The van der Waals surface area contributed by atoms with Gasteiger partial charge in [-0.15, -0.1) is 0 Å². The monoisotopic (exact) mass is 403 g/mol. The van der Waals surface area contributed by atoms with Crippen molar-refractivity contribution >= 4 is 51.5 Å². The van der Waals surface area contributed by atoms with E-state index in [1.807, 2.05) is 22.6 Å². The van der Waals surface area contributed by atoms with E-state index in [2.05, 4.69) is 10.3 Å². The van der Waals surface area contributed by atoms with Gasteiger partial charge in [-0.05, 0) is 34.7 Å². The summed E-state index contributed by atoms with van der Waals surface area (Å²) in [5, 5.41) is 13.7. The van der Waals surface area contributed by atoms with Crippen LogP contribution >= 0.6 is 34.2 Å². The van der Waals surface area contributed by atoms with Gasteiger partial charge in [0.15, 0.2) is 0 Å². The molecule has 0 unspecified atom stereocenters. The third kappa shape index (κ3) is 3.23. The van der Waals surface area contributed by atoms with Crippen molar-refractivity contribution in [3.63, 3.8) is 0 Å². The lowest BCUT2D eigenvalue weighted by atomic mass is 10.2. The van der Waals surface area contributed by atoms with Crippen molar-refractivity contribution < 1.29 is 9.72 Å². The van der Waals surface area contributed by atoms with E-state index in [4.69, 9.17) is 11.6 Å². The van der Waals surface area contributed by atoms with Crippen LogP contribution in [0.15, 0.2) is 36.7 Å². The molecule has 0 atom stereocenters. The van der Waals surface area contributed by atoms with Crippen LogP contribution in [0.3, 0.4) is 0 Å². The first-order valence-electron chi connectivity index (χ1n) is 5.34. The van der Waals surface area contributed by atoms with Crippen molar-refractivity contribution in [1.82, 2.24) is 4.98 Å². The van der Waals surface area contributed by atoms with Crippen LogP contribution in [0.5, 0.6) is 0 Å². The molecule has 8 heteroatoms. The van der Waals surface area contributed by atoms with Gasteiger partial charge in [0.1, 0.15) is 0 Å². The number of nitro groups is 1. The average molecular weight is 404 g/mol. The topological polar surface area (TPSA) is 85.1 Å². The molecule has 0 aliphatic heterocycles. The number of halogens is 2. The lowest BCUT2D eigenvalue weighted by Gasteiger charge is -2.07. The van der Waals surface area contributed by atoms with Gasteiger partial charge in [-0.3, -0.25) is 19.9 Å². The van der Waals surface area contributed by atoms with Crippen molar-refractivity contribution in [2.75, 3.05) is 5.32 Å². The summed E-state index contributed by atoms with van der Waals surface area (Å²) in [6.07, 6.45) is 2.90. The highest BCUT2D eigenvalue weighted by Crippen LogP contribution is 2.23. The molecule has 0 aliphatic rings. The number of nitrogens with one attached hydrogen (secondary N) is 1. The predicted octanol–water partition coefficient (Wildman–Crippen LogP) is 3.50. The van der Waals surface area contributed by atoms with Gasteiger partial charge in [-0.2, -0.15) is 0 Å². The third-order valence-corrected chi connectivity index (χ3v) is 3.69. The van der Waals surface area contributed by atoms with Crippen molar-refractivity contribution in [3.05, 3.63) is 60.9 Å². The van der Waals surface area contributed by atoms with Crippen molar-refractivity contribution in [2.45, 2.75) is 0 Å². The van der Waals surface area contributed by atoms with Crippen LogP contribution < -0.4 is 5.32 Å². The van der Waals surface area contributed by atoms with Gasteiger partial charge in [0.25, 0.3) is 11.6 Å². The molecule has 1 aromatic carbocycles. The molecule has 0 radical (unpaired) electrons. The molecule has 6 nitrogen and oxygen atoms in total. The summed E-state index contributed by atoms with van der Waals surface area (Å²) in [6.45, 7) is 0. The van der Waals surface area contributed by atoms with Crippen molar-refractivity contribution in [2.24, 2.45) is 0 Å². The van der Waals surface area contributed by atoms with E-state index in [0.717, 1.165) is 0 Å². The quantitative estimate of drug-likeness (QED) is 0.483. The fourth-order valence-electron chi connectivity index (χ4n) is 1.46. The van der Waals surface area contributed by atoms with E-state index in [1.165, 1.54) is 36.7 Å². The highest BCUT2D eigenvalue weighted by atomic mass is 127. The van der Waals surface area contributed by atoms with Crippen LogP contribution in [-0.2, 0) is 0 Å². The van der Waals surface area contributed by atoms with Crippen LogP contribution in [0.4, 0.5) is 11.4 Å². The Hall–Kier alpha value is -1.74. The minimum atomic E-state index is -0.552. The van der Waals surface area contributed by atoms with Gasteiger partial charge in [0.2, 0.25) is 0 Å². The number of aromatic nitrogens is 1. The van der Waals surface area contributed by atoms with Crippen LogP contribution in [-0.4, -0.2) is 15.8 Å². The Bertz CT molecular complexity index is 693. The Balaban J connectivity index is 2.32. The molecule has 0 spiro atoms. The largest absolute Gasteiger partial charge is 0.319 e. The third-order valence-electron chi connectivity index (χ3n) is 2.42. The first kappa shape index (κ1) is 14.7. The number of benzene rings is 1. The molecule has 0 bridgehead atoms. The van der Waals surface area contributed by atoms with Crippen LogP contribution in [0.2, 0.25) is 5.02 Å². The molecule has 1 N–H and O–H groups in total. The molecule has 2 rings (SSSR count). The zero-order valence-corrected chi connectivity index (χ0v) is 12.8. The first-order chi connectivity index (χ1) is 9.49. The zero-order chi connectivity index (χ0) is 14.7. The Kier molecular flexibility index (Phi) is 4.50. The molecular weight excluding hydrogens is 397 g/mol. The molecule has 0 fully saturated rings. The van der Waals surface area contributed by atoms with Crippen LogP contribution in [0.25, 0.3) is 0 Å². The number of non-ortho nitro benzene ring substituents is 1. The lowest BCUT2D eigenvalue weighted by Crippen LogP contribution is -2.14. The number of nitrogens with zero attached hydrogens (tertiary/aromatic N) is 2. The van der Waals surface area contributed by atoms with Crippen molar-refractivity contribution in [1.29, 1.82) is 0 Å². The van der Waals surface area contributed by atoms with E-state index in [0.29, 0.717) is 14.3 Å². The van der Waals surface area contributed by atoms with Gasteiger partial charge in [0, 0.05) is 21.9 Å². The Morgan fingerprint density at radius 1 is 1.40 bits per heavy atom. The number of carbonyl (C=O) groups excluding carboxylic acids is 1. The van der Waals surface area contributed by atoms with Gasteiger partial charge in [0.05, 0.1) is 27.4 Å². The highest BCUT2D eigenvalue weighted by molar-refractivity contribution is 14.1. The number of amides is 1. The maximum Gasteiger partial charge on any atom is 0.270 e. The molecule has 0 aliphatic carbocycles. The van der Waals surface area contributed by atoms with Gasteiger partial charge in [-0.25, -0.2) is 0 Å². The molecule has 1 amide bonds. The second-order valence-electron chi connectivity index (χ2n) is 3.73. The molecular formula is C12H7ClIN3O3. The molecule has 1 heterocycles. The van der Waals surface area contributed by atoms with Gasteiger partial charge in [-0.1, -0.05) is 11.6 Å². The fourth-order valence-corrected chi connectivity index (χ4v) is 2.19. The second-order valence-corrected chi connectivity index (χ2v) is 5.30. The smallest absolute Gasteiger partial charge is 0.270 e. The summed E-state index contributed by atoms with van der Waals surface area (Å²) in [6, 6.07) is 5.62. The van der Waals surface area contributed by atoms with Crippen LogP contribution in [0, 0.1) is 13.7 Å². The van der Waals surface area contributed by atoms with Gasteiger partial charge < -0.3 is 5.32 Å². The molecule has 20 heavy (non-hydrogen) atoms. The Labute approximate surface area is 132 Å². The maximum absolute atomic E-state index is 12.1. The van der Waals surface area contributed by atoms with Crippen LogP contribution in [0.1, 0.15) is 10.4 Å². The zero-order valence-electron chi connectivity index (χ0n) is 9.84. The summed E-state index contributed by atoms with van der Waals surface area (Å²) in [4.78, 5) is 26.2. The Morgan fingerprint density at radius 3 is 2.80 bits per heavy atom. The van der Waals surface area contributed by atoms with E-state index < -0.39 is 10.8 Å². The standard InChI is InChI=1S/C12H7ClIN3O3/c13-9-3-4-15-6-11(9)16-12(18)8-5-7(17(19)20)1-2-10(8)14/h1-6H,(H,16,18). The average Bonchev–Trinajstić information content (AvgIpc) is 2.41. The predicted molar refractivity (Wildman–Crippen MR) is 83.0 cm³/mol. The summed E-state index contributed by atoms with van der Waals surface area (Å²) >= 11 is 7.85. The van der Waals surface area contributed by atoms with E-state index >= 15 is 0 Å². The number of carbonyl (C=O) groups is 1. The summed E-state index contributed by atoms with van der Waals surface area (Å²) < 4.78 is 0.603. The fraction of sp³-hybridized carbons (Fsp3) is 0. The molecule has 1 aromatic heterocycles. The number of nitro benzene ring substituents is 1. The van der Waals surface area contributed by atoms with E-state index in [1.54, 1.807) is 0 Å². The highest BCUT2D eigenvalue weighted by Gasteiger charge is 2.16. The summed E-state index contributed by atoms with van der Waals surface area (Å²) in [5.41, 5.74) is 0.411. The van der Waals surface area contributed by atoms with E-state index in [9.17, 15) is 14.9 Å². The summed E-state index contributed by atoms with van der Waals surface area (Å²) in [5.74, 6) is -0.479. The molecule has 0 saturated heterocycles. The minimum absolute atomic E-state index is 0.146. The maximum atomic E-state index is 12.1. The van der Waals surface area contributed by atoms with Gasteiger partial charge >= 0.3 is 0 Å². The number of anilines is 1. The number of rotatable bonds is 3. The SMILES string of the molecule is O=C(Nc1cnccc1Cl)c1cc([N+](=O)[O-])ccc1I. The molecule has 0 saturated carbocycles. The number of hydrogen-bond donors (Lipinski definition) is 1. The summed E-state index contributed by atoms with van der Waals surface area (Å²) in [7, 11) is 0. The Morgan fingerprint density at radius 2 is 2.15 bits per heavy atom. The normalized spacial score (nSPS) is 10.1. The minimum Gasteiger partial charge on any atom is -0.319 e. The molecule has 2 aromatic rings. The number of hydrogen-bond acceptors (Lipinski definition) is 4.